The first-order chi connectivity index (χ1) is 12.9. The molecule has 144 valence electrons. The van der Waals surface area contributed by atoms with E-state index in [-0.39, 0.29) is 23.3 Å². The highest BCUT2D eigenvalue weighted by Gasteiger charge is 2.33. The van der Waals surface area contributed by atoms with Gasteiger partial charge in [0.15, 0.2) is 0 Å². The first-order valence-electron chi connectivity index (χ1n) is 8.61. The van der Waals surface area contributed by atoms with Crippen molar-refractivity contribution < 1.29 is 17.9 Å². The quantitative estimate of drug-likeness (QED) is 0.752. The van der Waals surface area contributed by atoms with E-state index in [0.29, 0.717) is 30.8 Å². The molecule has 8 heteroatoms. The lowest BCUT2D eigenvalue weighted by Gasteiger charge is -2.31. The number of benzene rings is 2. The lowest BCUT2D eigenvalue weighted by atomic mass is 9.99. The minimum absolute atomic E-state index is 0.170. The average Bonchev–Trinajstić information content (AvgIpc) is 2.70. The molecular formula is C19H21BrN2O4S. The summed E-state index contributed by atoms with van der Waals surface area (Å²) in [5.74, 6) is 0.0358. The Balaban J connectivity index is 1.72. The van der Waals surface area contributed by atoms with E-state index in [0.717, 1.165) is 4.47 Å². The van der Waals surface area contributed by atoms with Crippen molar-refractivity contribution in [2.45, 2.75) is 17.7 Å². The maximum Gasteiger partial charge on any atom is 0.243 e. The predicted octanol–water partition coefficient (Wildman–Crippen LogP) is 3.50. The fourth-order valence-corrected chi connectivity index (χ4v) is 4.98. The number of carbonyl (C=O) groups is 1. The highest BCUT2D eigenvalue weighted by Crippen LogP contribution is 2.27. The molecule has 0 bridgehead atoms. The van der Waals surface area contributed by atoms with Crippen LogP contribution in [-0.4, -0.2) is 38.8 Å². The molecule has 0 aromatic heterocycles. The number of hydrogen-bond acceptors (Lipinski definition) is 4. The molecule has 2 aromatic carbocycles. The van der Waals surface area contributed by atoms with Gasteiger partial charge in [-0.15, -0.1) is 0 Å². The second-order valence-electron chi connectivity index (χ2n) is 6.35. The van der Waals surface area contributed by atoms with Crippen LogP contribution in [0, 0.1) is 5.92 Å². The minimum atomic E-state index is -3.65. The number of carbonyl (C=O) groups excluding carboxylic acids is 1. The molecule has 1 atom stereocenters. The maximum absolute atomic E-state index is 12.9. The summed E-state index contributed by atoms with van der Waals surface area (Å²) in [6.07, 6.45) is 1.30. The number of anilines is 1. The van der Waals surface area contributed by atoms with E-state index in [2.05, 4.69) is 21.2 Å². The van der Waals surface area contributed by atoms with Crippen LogP contribution in [0.2, 0.25) is 0 Å². The molecular weight excluding hydrogens is 432 g/mol. The monoisotopic (exact) mass is 452 g/mol. The Morgan fingerprint density at radius 2 is 1.89 bits per heavy atom. The molecule has 1 fully saturated rings. The standard InChI is InChI=1S/C19H21BrN2O4S/c1-26-15-8-10-16(11-9-15)27(24,25)22-12-4-5-14(13-22)19(23)21-18-7-3-2-6-17(18)20/h2-3,6-11,14H,4-5,12-13H2,1H3,(H,21,23). The number of nitrogens with one attached hydrogen (secondary N) is 1. The number of nitrogens with zero attached hydrogens (tertiary/aromatic N) is 1. The van der Waals surface area contributed by atoms with E-state index in [9.17, 15) is 13.2 Å². The van der Waals surface area contributed by atoms with Crippen molar-refractivity contribution in [3.8, 4) is 5.75 Å². The van der Waals surface area contributed by atoms with Gasteiger partial charge in [0.05, 0.1) is 23.6 Å². The van der Waals surface area contributed by atoms with Crippen molar-refractivity contribution in [2.24, 2.45) is 5.92 Å². The van der Waals surface area contributed by atoms with Gasteiger partial charge in [0.25, 0.3) is 0 Å². The van der Waals surface area contributed by atoms with Gasteiger partial charge in [-0.05, 0) is 65.2 Å². The van der Waals surface area contributed by atoms with Gasteiger partial charge in [-0.3, -0.25) is 4.79 Å². The summed E-state index contributed by atoms with van der Waals surface area (Å²) in [6.45, 7) is 0.581. The molecule has 1 heterocycles. The number of methoxy groups -OCH3 is 1. The molecule has 1 aliphatic heterocycles. The number of hydrogen-bond donors (Lipinski definition) is 1. The molecule has 6 nitrogen and oxygen atoms in total. The van der Waals surface area contributed by atoms with Crippen LogP contribution in [0.25, 0.3) is 0 Å². The molecule has 0 radical (unpaired) electrons. The first kappa shape index (κ1) is 19.9. The molecule has 1 aliphatic rings. The van der Waals surface area contributed by atoms with Crippen LogP contribution in [-0.2, 0) is 14.8 Å². The number of halogens is 1. The summed E-state index contributed by atoms with van der Waals surface area (Å²) < 4.78 is 33.1. The zero-order valence-corrected chi connectivity index (χ0v) is 17.3. The van der Waals surface area contributed by atoms with Gasteiger partial charge in [-0.2, -0.15) is 4.31 Å². The summed E-state index contributed by atoms with van der Waals surface area (Å²) in [4.78, 5) is 12.8. The van der Waals surface area contributed by atoms with E-state index < -0.39 is 10.0 Å². The van der Waals surface area contributed by atoms with Crippen LogP contribution in [0.1, 0.15) is 12.8 Å². The molecule has 27 heavy (non-hydrogen) atoms. The zero-order valence-electron chi connectivity index (χ0n) is 14.9. The van der Waals surface area contributed by atoms with Crippen LogP contribution in [0.4, 0.5) is 5.69 Å². The summed E-state index contributed by atoms with van der Waals surface area (Å²) in [5.41, 5.74) is 0.678. The molecule has 3 rings (SSSR count). The number of amides is 1. The van der Waals surface area contributed by atoms with E-state index in [4.69, 9.17) is 4.74 Å². The Kier molecular flexibility index (Phi) is 6.18. The Hall–Kier alpha value is -1.90. The highest BCUT2D eigenvalue weighted by molar-refractivity contribution is 9.10. The predicted molar refractivity (Wildman–Crippen MR) is 107 cm³/mol. The second kappa shape index (κ2) is 8.41. The van der Waals surface area contributed by atoms with Crippen LogP contribution in [0.3, 0.4) is 0 Å². The van der Waals surface area contributed by atoms with Gasteiger partial charge in [0.1, 0.15) is 5.75 Å². The van der Waals surface area contributed by atoms with Crippen LogP contribution >= 0.6 is 15.9 Å². The number of ether oxygens (including phenoxy) is 1. The SMILES string of the molecule is COc1ccc(S(=O)(=O)N2CCCC(C(=O)Nc3ccccc3Br)C2)cc1. The van der Waals surface area contributed by atoms with Crippen LogP contribution < -0.4 is 10.1 Å². The van der Waals surface area contributed by atoms with Crippen molar-refractivity contribution in [1.29, 1.82) is 0 Å². The minimum Gasteiger partial charge on any atom is -0.497 e. The van der Waals surface area contributed by atoms with Gasteiger partial charge in [-0.25, -0.2) is 8.42 Å². The fourth-order valence-electron chi connectivity index (χ4n) is 3.07. The average molecular weight is 453 g/mol. The van der Waals surface area contributed by atoms with Gasteiger partial charge in [0, 0.05) is 17.6 Å². The largest absolute Gasteiger partial charge is 0.497 e. The number of piperidine rings is 1. The zero-order chi connectivity index (χ0) is 19.4. The third-order valence-corrected chi connectivity index (χ3v) is 7.15. The third kappa shape index (κ3) is 4.51. The Bertz CT molecular complexity index is 916. The van der Waals surface area contributed by atoms with Crippen molar-refractivity contribution in [3.05, 3.63) is 53.0 Å². The molecule has 0 saturated carbocycles. The molecule has 1 saturated heterocycles. The Morgan fingerprint density at radius 1 is 1.19 bits per heavy atom. The summed E-state index contributed by atoms with van der Waals surface area (Å²) in [6, 6.07) is 13.6. The van der Waals surface area contributed by atoms with Gasteiger partial charge in [0.2, 0.25) is 15.9 Å². The summed E-state index contributed by atoms with van der Waals surface area (Å²) in [7, 11) is -2.12. The molecule has 0 spiro atoms. The van der Waals surface area contributed by atoms with Gasteiger partial charge in [-0.1, -0.05) is 12.1 Å². The molecule has 1 amide bonds. The van der Waals surface area contributed by atoms with Gasteiger partial charge >= 0.3 is 0 Å². The first-order valence-corrected chi connectivity index (χ1v) is 10.8. The number of sulfonamides is 1. The maximum atomic E-state index is 12.9. The lowest BCUT2D eigenvalue weighted by Crippen LogP contribution is -2.43. The molecule has 0 aliphatic carbocycles. The van der Waals surface area contributed by atoms with Gasteiger partial charge < -0.3 is 10.1 Å². The number of para-hydroxylation sites is 1. The fraction of sp³-hybridized carbons (Fsp3) is 0.316. The molecule has 2 aromatic rings. The van der Waals surface area contributed by atoms with Crippen LogP contribution in [0.15, 0.2) is 57.9 Å². The van der Waals surface area contributed by atoms with Crippen LogP contribution in [0.5, 0.6) is 5.75 Å². The Morgan fingerprint density at radius 3 is 2.56 bits per heavy atom. The molecule has 1 N–H and O–H groups in total. The van der Waals surface area contributed by atoms with E-state index in [1.54, 1.807) is 18.2 Å². The summed E-state index contributed by atoms with van der Waals surface area (Å²) in [5, 5.41) is 2.88. The van der Waals surface area contributed by atoms with E-state index >= 15 is 0 Å². The second-order valence-corrected chi connectivity index (χ2v) is 9.14. The molecule has 1 unspecified atom stereocenters. The smallest absolute Gasteiger partial charge is 0.243 e. The topological polar surface area (TPSA) is 75.7 Å². The van der Waals surface area contributed by atoms with Crippen molar-refractivity contribution in [3.63, 3.8) is 0 Å². The van der Waals surface area contributed by atoms with Crippen molar-refractivity contribution in [1.82, 2.24) is 4.31 Å². The Labute approximate surface area is 167 Å². The van der Waals surface area contributed by atoms with E-state index in [1.807, 2.05) is 18.2 Å². The lowest BCUT2D eigenvalue weighted by molar-refractivity contribution is -0.120. The highest BCUT2D eigenvalue weighted by atomic mass is 79.9. The summed E-state index contributed by atoms with van der Waals surface area (Å²) >= 11 is 3.40. The van der Waals surface area contributed by atoms with E-state index in [1.165, 1.54) is 23.5 Å². The third-order valence-electron chi connectivity index (χ3n) is 4.58. The normalized spacial score (nSPS) is 18.1. The van der Waals surface area contributed by atoms with Crippen molar-refractivity contribution in [2.75, 3.05) is 25.5 Å². The number of rotatable bonds is 5. The van der Waals surface area contributed by atoms with Crippen molar-refractivity contribution >= 4 is 37.5 Å².